The van der Waals surface area contributed by atoms with Crippen LogP contribution in [-0.4, -0.2) is 15.0 Å². The summed E-state index contributed by atoms with van der Waals surface area (Å²) in [5, 5.41) is 2.82. The van der Waals surface area contributed by atoms with Crippen LogP contribution in [-0.2, 0) is 17.9 Å². The molecule has 1 heterocycles. The molecule has 6 nitrogen and oxygen atoms in total. The minimum absolute atomic E-state index is 0.0386. The molecule has 1 N–H and O–H groups in total. The second-order valence-electron chi connectivity index (χ2n) is 5.87. The van der Waals surface area contributed by atoms with E-state index >= 15 is 0 Å². The highest BCUT2D eigenvalue weighted by Crippen LogP contribution is 2.13. The van der Waals surface area contributed by atoms with Gasteiger partial charge in [0.15, 0.2) is 0 Å². The van der Waals surface area contributed by atoms with Crippen molar-refractivity contribution in [2.75, 3.05) is 5.32 Å². The van der Waals surface area contributed by atoms with Crippen molar-refractivity contribution < 1.29 is 9.18 Å². The Hall–Kier alpha value is -3.22. The van der Waals surface area contributed by atoms with Crippen LogP contribution in [0.5, 0.6) is 0 Å². The minimum Gasteiger partial charge on any atom is -0.322 e. The molecule has 3 aromatic rings. The van der Waals surface area contributed by atoms with E-state index in [1.165, 1.54) is 22.8 Å². The second-order valence-corrected chi connectivity index (χ2v) is 5.87. The molecule has 0 saturated carbocycles. The van der Waals surface area contributed by atoms with Crippen LogP contribution in [0.25, 0.3) is 10.9 Å². The molecule has 0 radical (unpaired) electrons. The first-order valence-electron chi connectivity index (χ1n) is 8.29. The molecule has 2 aromatic carbocycles. The smallest absolute Gasteiger partial charge is 0.322 e. The monoisotopic (exact) mass is 355 g/mol. The quantitative estimate of drug-likeness (QED) is 0.764. The van der Waals surface area contributed by atoms with Gasteiger partial charge in [-0.25, -0.2) is 9.18 Å². The summed E-state index contributed by atoms with van der Waals surface area (Å²) in [6.07, 6.45) is 0.606. The van der Waals surface area contributed by atoms with Gasteiger partial charge in [-0.1, -0.05) is 31.2 Å². The van der Waals surface area contributed by atoms with Gasteiger partial charge >= 0.3 is 5.69 Å². The maximum Gasteiger partial charge on any atom is 0.331 e. The third kappa shape index (κ3) is 3.28. The summed E-state index contributed by atoms with van der Waals surface area (Å²) in [5.41, 5.74) is -0.521. The topological polar surface area (TPSA) is 73.1 Å². The maximum absolute atomic E-state index is 13.7. The molecule has 0 spiro atoms. The van der Waals surface area contributed by atoms with E-state index in [9.17, 15) is 18.8 Å². The van der Waals surface area contributed by atoms with E-state index in [0.29, 0.717) is 17.3 Å². The lowest BCUT2D eigenvalue weighted by Gasteiger charge is -2.14. The van der Waals surface area contributed by atoms with E-state index in [4.69, 9.17) is 0 Å². The number of halogens is 1. The van der Waals surface area contributed by atoms with Crippen LogP contribution in [0.2, 0.25) is 0 Å². The van der Waals surface area contributed by atoms with Crippen LogP contribution in [0, 0.1) is 5.82 Å². The molecule has 0 aliphatic carbocycles. The third-order valence-corrected chi connectivity index (χ3v) is 4.03. The van der Waals surface area contributed by atoms with Gasteiger partial charge in [-0.05, 0) is 30.7 Å². The van der Waals surface area contributed by atoms with Crippen LogP contribution in [0.3, 0.4) is 0 Å². The Morgan fingerprint density at radius 2 is 1.73 bits per heavy atom. The van der Waals surface area contributed by atoms with Crippen molar-refractivity contribution in [3.05, 3.63) is 75.2 Å². The molecule has 3 rings (SSSR count). The van der Waals surface area contributed by atoms with E-state index < -0.39 is 17.4 Å². The van der Waals surface area contributed by atoms with Crippen LogP contribution in [0.4, 0.5) is 10.1 Å². The number of benzene rings is 2. The minimum atomic E-state index is -0.561. The van der Waals surface area contributed by atoms with Gasteiger partial charge in [-0.15, -0.1) is 0 Å². The summed E-state index contributed by atoms with van der Waals surface area (Å²) in [4.78, 5) is 37.6. The summed E-state index contributed by atoms with van der Waals surface area (Å²) < 4.78 is 16.1. The second kappa shape index (κ2) is 7.35. The Balaban J connectivity index is 2.04. The Morgan fingerprint density at radius 1 is 1.04 bits per heavy atom. The lowest BCUT2D eigenvalue weighted by Crippen LogP contribution is -2.41. The van der Waals surface area contributed by atoms with Crippen molar-refractivity contribution in [3.8, 4) is 0 Å². The largest absolute Gasteiger partial charge is 0.331 e. The fraction of sp³-hybridized carbons (Fsp3) is 0.211. The Bertz CT molecular complexity index is 1090. The predicted octanol–water partition coefficient (Wildman–Crippen LogP) is 2.35. The summed E-state index contributed by atoms with van der Waals surface area (Å²) in [7, 11) is 0. The average Bonchev–Trinajstić information content (AvgIpc) is 2.64. The molecule has 0 saturated heterocycles. The van der Waals surface area contributed by atoms with Crippen LogP contribution >= 0.6 is 0 Å². The Morgan fingerprint density at radius 3 is 2.46 bits per heavy atom. The number of anilines is 1. The van der Waals surface area contributed by atoms with Crippen molar-refractivity contribution in [2.24, 2.45) is 0 Å². The van der Waals surface area contributed by atoms with E-state index in [2.05, 4.69) is 5.32 Å². The van der Waals surface area contributed by atoms with E-state index in [1.54, 1.807) is 30.3 Å². The fourth-order valence-electron chi connectivity index (χ4n) is 2.84. The first kappa shape index (κ1) is 17.6. The number of hydrogen-bond donors (Lipinski definition) is 1. The van der Waals surface area contributed by atoms with Crippen molar-refractivity contribution in [1.29, 1.82) is 0 Å². The molecule has 0 unspecified atom stereocenters. The number of carbonyl (C=O) groups excluding carboxylic acids is 1. The van der Waals surface area contributed by atoms with Gasteiger partial charge in [-0.3, -0.25) is 18.7 Å². The lowest BCUT2D eigenvalue weighted by atomic mass is 10.2. The fourth-order valence-corrected chi connectivity index (χ4v) is 2.84. The highest BCUT2D eigenvalue weighted by atomic mass is 19.1. The molecule has 26 heavy (non-hydrogen) atoms. The van der Waals surface area contributed by atoms with Crippen LogP contribution < -0.4 is 16.6 Å². The SMILES string of the molecule is CCCn1c(=O)c2ccccc2n(CC(=O)Nc2ccccc2F)c1=O. The molecule has 0 atom stereocenters. The number of nitrogens with one attached hydrogen (secondary N) is 1. The van der Waals surface area contributed by atoms with Gasteiger partial charge in [0.2, 0.25) is 5.91 Å². The predicted molar refractivity (Wildman–Crippen MR) is 97.8 cm³/mol. The lowest BCUT2D eigenvalue weighted by molar-refractivity contribution is -0.116. The van der Waals surface area contributed by atoms with Gasteiger partial charge in [0.05, 0.1) is 16.6 Å². The standard InChI is InChI=1S/C19H18FN3O3/c1-2-11-22-18(25)13-7-3-6-10-16(13)23(19(22)26)12-17(24)21-15-9-5-4-8-14(15)20/h3-10H,2,11-12H2,1H3,(H,21,24). The number of para-hydroxylation sites is 2. The van der Waals surface area contributed by atoms with Crippen molar-refractivity contribution in [1.82, 2.24) is 9.13 Å². The molecule has 134 valence electrons. The Labute approximate surface area is 148 Å². The van der Waals surface area contributed by atoms with Gasteiger partial charge in [-0.2, -0.15) is 0 Å². The van der Waals surface area contributed by atoms with Gasteiger partial charge in [0, 0.05) is 6.54 Å². The van der Waals surface area contributed by atoms with Crippen molar-refractivity contribution in [3.63, 3.8) is 0 Å². The van der Waals surface area contributed by atoms with Gasteiger partial charge in [0.25, 0.3) is 5.56 Å². The molecular formula is C19H18FN3O3. The van der Waals surface area contributed by atoms with Gasteiger partial charge < -0.3 is 5.32 Å². The number of aromatic nitrogens is 2. The van der Waals surface area contributed by atoms with Crippen molar-refractivity contribution in [2.45, 2.75) is 26.4 Å². The third-order valence-electron chi connectivity index (χ3n) is 4.03. The normalized spacial score (nSPS) is 10.8. The van der Waals surface area contributed by atoms with Crippen LogP contribution in [0.15, 0.2) is 58.1 Å². The molecule has 1 amide bonds. The first-order chi connectivity index (χ1) is 12.5. The Kier molecular flexibility index (Phi) is 4.97. The number of hydrogen-bond acceptors (Lipinski definition) is 3. The summed E-state index contributed by atoms with van der Waals surface area (Å²) in [5.74, 6) is -1.11. The number of nitrogens with zero attached hydrogens (tertiary/aromatic N) is 2. The van der Waals surface area contributed by atoms with Crippen molar-refractivity contribution >= 4 is 22.5 Å². The zero-order chi connectivity index (χ0) is 18.7. The molecule has 1 aromatic heterocycles. The average molecular weight is 355 g/mol. The van der Waals surface area contributed by atoms with E-state index in [-0.39, 0.29) is 24.3 Å². The molecule has 0 fully saturated rings. The molecule has 7 heteroatoms. The van der Waals surface area contributed by atoms with Gasteiger partial charge in [0.1, 0.15) is 12.4 Å². The number of amides is 1. The van der Waals surface area contributed by atoms with E-state index in [0.717, 1.165) is 4.57 Å². The zero-order valence-electron chi connectivity index (χ0n) is 14.2. The molecule has 0 bridgehead atoms. The maximum atomic E-state index is 13.7. The highest BCUT2D eigenvalue weighted by molar-refractivity contribution is 5.91. The summed E-state index contributed by atoms with van der Waals surface area (Å²) >= 11 is 0. The highest BCUT2D eigenvalue weighted by Gasteiger charge is 2.15. The number of rotatable bonds is 5. The molecular weight excluding hydrogens is 337 g/mol. The van der Waals surface area contributed by atoms with Crippen LogP contribution in [0.1, 0.15) is 13.3 Å². The summed E-state index contributed by atoms with van der Waals surface area (Å²) in [6.45, 7) is 1.80. The molecule has 0 aliphatic heterocycles. The van der Waals surface area contributed by atoms with E-state index in [1.807, 2.05) is 6.92 Å². The summed E-state index contributed by atoms with van der Waals surface area (Å²) in [6, 6.07) is 12.4. The number of fused-ring (bicyclic) bond motifs is 1. The number of carbonyl (C=O) groups is 1. The zero-order valence-corrected chi connectivity index (χ0v) is 14.2. The molecule has 0 aliphatic rings. The first-order valence-corrected chi connectivity index (χ1v) is 8.29.